The van der Waals surface area contributed by atoms with Crippen molar-refractivity contribution in [3.63, 3.8) is 0 Å². The Hall–Kier alpha value is -1.51. The first kappa shape index (κ1) is 15.9. The van der Waals surface area contributed by atoms with Gasteiger partial charge in [0, 0.05) is 23.3 Å². The van der Waals surface area contributed by atoms with Crippen LogP contribution in [0.1, 0.15) is 47.0 Å². The van der Waals surface area contributed by atoms with E-state index < -0.39 is 0 Å². The van der Waals surface area contributed by atoms with Crippen molar-refractivity contribution in [2.45, 2.75) is 53.0 Å². The molecule has 1 aromatic rings. The minimum Gasteiger partial charge on any atom is -0.382 e. The van der Waals surface area contributed by atoms with Gasteiger partial charge in [0.1, 0.15) is 0 Å². The van der Waals surface area contributed by atoms with Crippen LogP contribution in [0.5, 0.6) is 0 Å². The highest BCUT2D eigenvalue weighted by molar-refractivity contribution is 5.92. The second kappa shape index (κ2) is 6.97. The van der Waals surface area contributed by atoms with Crippen molar-refractivity contribution < 1.29 is 4.79 Å². The lowest BCUT2D eigenvalue weighted by Crippen LogP contribution is -2.34. The van der Waals surface area contributed by atoms with E-state index in [4.69, 9.17) is 0 Å². The van der Waals surface area contributed by atoms with Crippen LogP contribution in [0.25, 0.3) is 0 Å². The van der Waals surface area contributed by atoms with Crippen molar-refractivity contribution in [2.24, 2.45) is 17.8 Å². The second-order valence-corrected chi connectivity index (χ2v) is 6.74. The fourth-order valence-corrected chi connectivity index (χ4v) is 2.94. The van der Waals surface area contributed by atoms with Gasteiger partial charge in [-0.05, 0) is 42.5 Å². The normalized spacial score (nSPS) is 25.7. The number of amides is 1. The molecule has 0 aromatic heterocycles. The van der Waals surface area contributed by atoms with Gasteiger partial charge in [-0.15, -0.1) is 0 Å². The molecule has 3 heteroatoms. The van der Waals surface area contributed by atoms with Crippen LogP contribution in [0.3, 0.4) is 0 Å². The molecule has 3 nitrogen and oxygen atoms in total. The van der Waals surface area contributed by atoms with Gasteiger partial charge in [0.05, 0.1) is 0 Å². The molecule has 116 valence electrons. The largest absolute Gasteiger partial charge is 0.382 e. The van der Waals surface area contributed by atoms with E-state index in [1.165, 1.54) is 19.3 Å². The fourth-order valence-electron chi connectivity index (χ4n) is 2.94. The summed E-state index contributed by atoms with van der Waals surface area (Å²) in [5.74, 6) is 1.57. The van der Waals surface area contributed by atoms with Gasteiger partial charge < -0.3 is 10.6 Å². The Labute approximate surface area is 128 Å². The summed E-state index contributed by atoms with van der Waals surface area (Å²) in [6.45, 7) is 8.50. The quantitative estimate of drug-likeness (QED) is 0.855. The molecule has 1 aliphatic rings. The minimum atomic E-state index is 0.00683. The van der Waals surface area contributed by atoms with Crippen molar-refractivity contribution in [3.8, 4) is 0 Å². The van der Waals surface area contributed by atoms with Gasteiger partial charge in [0.15, 0.2) is 0 Å². The summed E-state index contributed by atoms with van der Waals surface area (Å²) in [6.07, 6.45) is 3.91. The summed E-state index contributed by atoms with van der Waals surface area (Å²) in [6, 6.07) is 8.62. The second-order valence-electron chi connectivity index (χ2n) is 6.74. The molecule has 0 bridgehead atoms. The Morgan fingerprint density at radius 2 is 1.71 bits per heavy atom. The Balaban J connectivity index is 1.94. The number of nitrogens with one attached hydrogen (secondary N) is 2. The lowest BCUT2D eigenvalue weighted by molar-refractivity contribution is -0.118. The van der Waals surface area contributed by atoms with Crippen molar-refractivity contribution in [2.75, 3.05) is 10.6 Å². The van der Waals surface area contributed by atoms with Gasteiger partial charge in [-0.2, -0.15) is 0 Å². The number of carbonyl (C=O) groups excluding carboxylic acids is 1. The number of rotatable bonds is 4. The zero-order chi connectivity index (χ0) is 15.4. The van der Waals surface area contributed by atoms with Crippen molar-refractivity contribution in [1.82, 2.24) is 0 Å². The maximum atomic E-state index is 11.7. The van der Waals surface area contributed by atoms with Gasteiger partial charge in [-0.3, -0.25) is 4.79 Å². The Bertz CT molecular complexity index is 467. The van der Waals surface area contributed by atoms with E-state index in [1.54, 1.807) is 0 Å². The molecule has 1 aliphatic carbocycles. The first-order valence-corrected chi connectivity index (χ1v) is 8.15. The maximum Gasteiger partial charge on any atom is 0.226 e. The lowest BCUT2D eigenvalue weighted by Gasteiger charge is -2.35. The number of hydrogen-bond acceptors (Lipinski definition) is 2. The highest BCUT2D eigenvalue weighted by Gasteiger charge is 2.26. The molecular weight excluding hydrogens is 260 g/mol. The zero-order valence-corrected chi connectivity index (χ0v) is 13.6. The third-order valence-corrected chi connectivity index (χ3v) is 4.74. The molecule has 21 heavy (non-hydrogen) atoms. The van der Waals surface area contributed by atoms with Crippen LogP contribution in [-0.4, -0.2) is 11.9 Å². The van der Waals surface area contributed by atoms with E-state index in [0.29, 0.717) is 12.0 Å². The molecular formula is C18H28N2O. The van der Waals surface area contributed by atoms with E-state index in [0.717, 1.165) is 17.3 Å². The molecule has 0 radical (unpaired) electrons. The summed E-state index contributed by atoms with van der Waals surface area (Å²) in [5, 5.41) is 6.57. The van der Waals surface area contributed by atoms with Gasteiger partial charge in [-0.25, -0.2) is 0 Å². The standard InChI is InChI=1S/C18H28N2O/c1-12(2)18(21)20-16-10-8-15(9-11-16)19-17-7-5-6-13(3)14(17)4/h8-14,17,19H,5-7H2,1-4H3,(H,20,21). The van der Waals surface area contributed by atoms with Crippen LogP contribution in [0, 0.1) is 17.8 Å². The minimum absolute atomic E-state index is 0.00683. The highest BCUT2D eigenvalue weighted by Crippen LogP contribution is 2.31. The molecule has 3 atom stereocenters. The zero-order valence-electron chi connectivity index (χ0n) is 13.6. The third kappa shape index (κ3) is 4.23. The SMILES string of the molecule is CC(C)C(=O)Nc1ccc(NC2CCCC(C)C2C)cc1. The number of benzene rings is 1. The number of carbonyl (C=O) groups is 1. The van der Waals surface area contributed by atoms with E-state index in [-0.39, 0.29) is 11.8 Å². The molecule has 1 fully saturated rings. The molecule has 1 aromatic carbocycles. The Morgan fingerprint density at radius 1 is 1.10 bits per heavy atom. The molecule has 0 saturated heterocycles. The van der Waals surface area contributed by atoms with Crippen molar-refractivity contribution in [1.29, 1.82) is 0 Å². The molecule has 0 spiro atoms. The van der Waals surface area contributed by atoms with Crippen LogP contribution in [0.2, 0.25) is 0 Å². The molecule has 1 saturated carbocycles. The predicted molar refractivity (Wildman–Crippen MR) is 89.5 cm³/mol. The summed E-state index contributed by atoms with van der Waals surface area (Å²) in [7, 11) is 0. The lowest BCUT2D eigenvalue weighted by atomic mass is 9.78. The molecule has 0 heterocycles. The predicted octanol–water partition coefficient (Wildman–Crippen LogP) is 4.52. The topological polar surface area (TPSA) is 41.1 Å². The van der Waals surface area contributed by atoms with E-state index in [2.05, 4.69) is 36.6 Å². The first-order chi connectivity index (χ1) is 9.97. The van der Waals surface area contributed by atoms with Gasteiger partial charge in [0.2, 0.25) is 5.91 Å². The summed E-state index contributed by atoms with van der Waals surface area (Å²) < 4.78 is 0. The van der Waals surface area contributed by atoms with Crippen LogP contribution in [0.15, 0.2) is 24.3 Å². The molecule has 2 N–H and O–H groups in total. The monoisotopic (exact) mass is 288 g/mol. The van der Waals surface area contributed by atoms with Crippen molar-refractivity contribution in [3.05, 3.63) is 24.3 Å². The van der Waals surface area contributed by atoms with Crippen LogP contribution < -0.4 is 10.6 Å². The van der Waals surface area contributed by atoms with Gasteiger partial charge >= 0.3 is 0 Å². The van der Waals surface area contributed by atoms with Crippen LogP contribution in [0.4, 0.5) is 11.4 Å². The third-order valence-electron chi connectivity index (χ3n) is 4.74. The molecule has 2 rings (SSSR count). The maximum absolute atomic E-state index is 11.7. The van der Waals surface area contributed by atoms with Gasteiger partial charge in [0.25, 0.3) is 0 Å². The number of anilines is 2. The van der Waals surface area contributed by atoms with E-state index in [1.807, 2.05) is 26.0 Å². The molecule has 0 aliphatic heterocycles. The average molecular weight is 288 g/mol. The number of hydrogen-bond donors (Lipinski definition) is 2. The molecule has 1 amide bonds. The van der Waals surface area contributed by atoms with Gasteiger partial charge in [-0.1, -0.05) is 40.5 Å². The average Bonchev–Trinajstić information content (AvgIpc) is 2.46. The van der Waals surface area contributed by atoms with Crippen LogP contribution >= 0.6 is 0 Å². The summed E-state index contributed by atoms with van der Waals surface area (Å²) in [4.78, 5) is 11.7. The van der Waals surface area contributed by atoms with E-state index in [9.17, 15) is 4.79 Å². The smallest absolute Gasteiger partial charge is 0.226 e. The van der Waals surface area contributed by atoms with E-state index >= 15 is 0 Å². The van der Waals surface area contributed by atoms with Crippen molar-refractivity contribution >= 4 is 17.3 Å². The summed E-state index contributed by atoms with van der Waals surface area (Å²) >= 11 is 0. The fraction of sp³-hybridized carbons (Fsp3) is 0.611. The first-order valence-electron chi connectivity index (χ1n) is 8.15. The summed E-state index contributed by atoms with van der Waals surface area (Å²) in [5.41, 5.74) is 2.01. The Kier molecular flexibility index (Phi) is 5.27. The van der Waals surface area contributed by atoms with Crippen LogP contribution in [-0.2, 0) is 4.79 Å². The highest BCUT2D eigenvalue weighted by atomic mass is 16.1. The Morgan fingerprint density at radius 3 is 2.33 bits per heavy atom. The molecule has 3 unspecified atom stereocenters.